The Labute approximate surface area is 148 Å². The fourth-order valence-corrected chi connectivity index (χ4v) is 3.37. The maximum Gasteiger partial charge on any atom is 0.290 e. The van der Waals surface area contributed by atoms with Crippen LogP contribution in [0.4, 0.5) is 5.95 Å². The second-order valence-electron chi connectivity index (χ2n) is 6.41. The van der Waals surface area contributed by atoms with Crippen LogP contribution in [0.3, 0.4) is 0 Å². The summed E-state index contributed by atoms with van der Waals surface area (Å²) in [5, 5.41) is 13.6. The molecule has 1 amide bonds. The van der Waals surface area contributed by atoms with Crippen molar-refractivity contribution in [1.29, 1.82) is 0 Å². The Hall–Kier alpha value is -2.16. The average Bonchev–Trinajstić information content (AvgIpc) is 3.33. The van der Waals surface area contributed by atoms with Gasteiger partial charge in [0.1, 0.15) is 6.33 Å². The van der Waals surface area contributed by atoms with Gasteiger partial charge in [-0.1, -0.05) is 0 Å². The van der Waals surface area contributed by atoms with Gasteiger partial charge in [0.25, 0.3) is 6.47 Å². The van der Waals surface area contributed by atoms with Crippen LogP contribution < -0.4 is 4.90 Å². The number of rotatable bonds is 5. The molecule has 9 nitrogen and oxygen atoms in total. The molecule has 25 heavy (non-hydrogen) atoms. The second kappa shape index (κ2) is 9.97. The topological polar surface area (TPSA) is 106 Å². The SMILES string of the molecule is CC(CCC(=O)N1CCN(c2ncn[nH]2)CC1)N1CCCC1.O=CO. The Morgan fingerprint density at radius 2 is 1.92 bits per heavy atom. The third kappa shape index (κ3) is 5.70. The Bertz CT molecular complexity index is 510. The van der Waals surface area contributed by atoms with Crippen molar-refractivity contribution in [1.82, 2.24) is 25.0 Å². The molecule has 0 bridgehead atoms. The highest BCUT2D eigenvalue weighted by molar-refractivity contribution is 5.76. The van der Waals surface area contributed by atoms with Crippen LogP contribution >= 0.6 is 0 Å². The third-order valence-corrected chi connectivity index (χ3v) is 4.87. The second-order valence-corrected chi connectivity index (χ2v) is 6.41. The lowest BCUT2D eigenvalue weighted by atomic mass is 10.1. The van der Waals surface area contributed by atoms with E-state index in [1.165, 1.54) is 32.3 Å². The molecule has 1 unspecified atom stereocenters. The number of amides is 1. The van der Waals surface area contributed by atoms with E-state index in [9.17, 15) is 4.79 Å². The van der Waals surface area contributed by atoms with Crippen molar-refractivity contribution in [3.63, 3.8) is 0 Å². The number of nitrogens with zero attached hydrogens (tertiary/aromatic N) is 5. The van der Waals surface area contributed by atoms with E-state index in [1.54, 1.807) is 0 Å². The molecule has 2 N–H and O–H groups in total. The number of carbonyl (C=O) groups is 2. The van der Waals surface area contributed by atoms with Crippen molar-refractivity contribution in [3.05, 3.63) is 6.33 Å². The normalized spacial score (nSPS) is 19.2. The number of nitrogens with one attached hydrogen (secondary N) is 1. The Morgan fingerprint density at radius 3 is 2.48 bits per heavy atom. The van der Waals surface area contributed by atoms with E-state index >= 15 is 0 Å². The maximum absolute atomic E-state index is 12.4. The van der Waals surface area contributed by atoms with Gasteiger partial charge in [0, 0.05) is 38.6 Å². The first kappa shape index (κ1) is 19.2. The summed E-state index contributed by atoms with van der Waals surface area (Å²) >= 11 is 0. The van der Waals surface area contributed by atoms with Crippen molar-refractivity contribution >= 4 is 18.3 Å². The molecule has 2 fully saturated rings. The molecule has 0 aromatic carbocycles. The highest BCUT2D eigenvalue weighted by atomic mass is 16.3. The van der Waals surface area contributed by atoms with E-state index in [0.717, 1.165) is 38.5 Å². The third-order valence-electron chi connectivity index (χ3n) is 4.87. The predicted molar refractivity (Wildman–Crippen MR) is 93.4 cm³/mol. The first-order chi connectivity index (χ1) is 12.2. The van der Waals surface area contributed by atoms with Crippen molar-refractivity contribution in [2.45, 2.75) is 38.6 Å². The summed E-state index contributed by atoms with van der Waals surface area (Å²) in [7, 11) is 0. The minimum atomic E-state index is -0.250. The molecule has 0 spiro atoms. The molecule has 1 aromatic heterocycles. The van der Waals surface area contributed by atoms with E-state index < -0.39 is 0 Å². The summed E-state index contributed by atoms with van der Waals surface area (Å²) < 4.78 is 0. The number of hydrogen-bond acceptors (Lipinski definition) is 6. The van der Waals surface area contributed by atoms with Gasteiger partial charge in [-0.3, -0.25) is 9.59 Å². The van der Waals surface area contributed by atoms with Gasteiger partial charge in [0.2, 0.25) is 11.9 Å². The van der Waals surface area contributed by atoms with E-state index in [2.05, 4.69) is 31.9 Å². The van der Waals surface area contributed by atoms with Gasteiger partial charge in [-0.25, -0.2) is 5.10 Å². The Morgan fingerprint density at radius 1 is 1.28 bits per heavy atom. The van der Waals surface area contributed by atoms with Crippen LogP contribution in [-0.2, 0) is 9.59 Å². The monoisotopic (exact) mass is 352 g/mol. The molecule has 2 aliphatic heterocycles. The number of piperazine rings is 1. The van der Waals surface area contributed by atoms with Gasteiger partial charge in [-0.2, -0.15) is 10.1 Å². The molecular weight excluding hydrogens is 324 g/mol. The lowest BCUT2D eigenvalue weighted by molar-refractivity contribution is -0.131. The smallest absolute Gasteiger partial charge is 0.290 e. The van der Waals surface area contributed by atoms with Crippen molar-refractivity contribution in [2.75, 3.05) is 44.2 Å². The Kier molecular flexibility index (Phi) is 7.65. The number of likely N-dealkylation sites (tertiary alicyclic amines) is 1. The standard InChI is InChI=1S/C15H26N6O.CH2O2/c1-13(19-6-2-3-7-19)4-5-14(22)20-8-10-21(11-9-20)15-16-12-17-18-15;2-1-3/h12-13H,2-11H2,1H3,(H,16,17,18);1H,(H,2,3). The van der Waals surface area contributed by atoms with Gasteiger partial charge in [-0.15, -0.1) is 0 Å². The van der Waals surface area contributed by atoms with E-state index in [-0.39, 0.29) is 6.47 Å². The zero-order chi connectivity index (χ0) is 18.1. The number of H-pyrrole nitrogens is 1. The highest BCUT2D eigenvalue weighted by Gasteiger charge is 2.24. The van der Waals surface area contributed by atoms with Crippen LogP contribution in [0.1, 0.15) is 32.6 Å². The maximum atomic E-state index is 12.4. The van der Waals surface area contributed by atoms with Gasteiger partial charge in [0.05, 0.1) is 0 Å². The van der Waals surface area contributed by atoms with Crippen LogP contribution in [0, 0.1) is 0 Å². The summed E-state index contributed by atoms with van der Waals surface area (Å²) in [4.78, 5) is 31.5. The minimum Gasteiger partial charge on any atom is -0.483 e. The summed E-state index contributed by atoms with van der Waals surface area (Å²) in [5.41, 5.74) is 0. The van der Waals surface area contributed by atoms with Crippen LogP contribution in [0.25, 0.3) is 0 Å². The van der Waals surface area contributed by atoms with Gasteiger partial charge in [0.15, 0.2) is 0 Å². The van der Waals surface area contributed by atoms with Crippen LogP contribution in [0.15, 0.2) is 6.33 Å². The van der Waals surface area contributed by atoms with Crippen LogP contribution in [0.2, 0.25) is 0 Å². The number of carbonyl (C=O) groups excluding carboxylic acids is 1. The number of aromatic nitrogens is 3. The van der Waals surface area contributed by atoms with E-state index in [4.69, 9.17) is 9.90 Å². The highest BCUT2D eigenvalue weighted by Crippen LogP contribution is 2.16. The van der Waals surface area contributed by atoms with Crippen molar-refractivity contribution in [2.24, 2.45) is 0 Å². The summed E-state index contributed by atoms with van der Waals surface area (Å²) in [6.45, 7) is 7.59. The number of carboxylic acid groups (broad SMARTS) is 1. The summed E-state index contributed by atoms with van der Waals surface area (Å²) in [6.07, 6.45) is 5.78. The fourth-order valence-electron chi connectivity index (χ4n) is 3.37. The number of anilines is 1. The molecular formula is C16H28N6O3. The average molecular weight is 352 g/mol. The quantitative estimate of drug-likeness (QED) is 0.740. The molecule has 0 aliphatic carbocycles. The molecule has 1 atom stereocenters. The van der Waals surface area contributed by atoms with Gasteiger partial charge < -0.3 is 19.8 Å². The lowest BCUT2D eigenvalue weighted by Crippen LogP contribution is -2.49. The molecule has 140 valence electrons. The number of hydrogen-bond donors (Lipinski definition) is 2. The largest absolute Gasteiger partial charge is 0.483 e. The van der Waals surface area contributed by atoms with Gasteiger partial charge in [-0.05, 0) is 39.3 Å². The van der Waals surface area contributed by atoms with E-state index in [0.29, 0.717) is 18.4 Å². The molecule has 0 saturated carbocycles. The zero-order valence-electron chi connectivity index (χ0n) is 14.8. The molecule has 3 heterocycles. The van der Waals surface area contributed by atoms with E-state index in [1.807, 2.05) is 4.90 Å². The lowest BCUT2D eigenvalue weighted by Gasteiger charge is -2.34. The van der Waals surface area contributed by atoms with Gasteiger partial charge >= 0.3 is 0 Å². The minimum absolute atomic E-state index is 0.250. The molecule has 3 rings (SSSR count). The van der Waals surface area contributed by atoms with Crippen molar-refractivity contribution in [3.8, 4) is 0 Å². The van der Waals surface area contributed by atoms with Crippen LogP contribution in [0.5, 0.6) is 0 Å². The number of aromatic amines is 1. The molecule has 0 radical (unpaired) electrons. The molecule has 9 heteroatoms. The zero-order valence-corrected chi connectivity index (χ0v) is 14.8. The van der Waals surface area contributed by atoms with Crippen molar-refractivity contribution < 1.29 is 14.7 Å². The summed E-state index contributed by atoms with van der Waals surface area (Å²) in [5.74, 6) is 1.10. The molecule has 1 aromatic rings. The first-order valence-corrected chi connectivity index (χ1v) is 8.85. The molecule has 2 saturated heterocycles. The summed E-state index contributed by atoms with van der Waals surface area (Å²) in [6, 6.07) is 0.530. The predicted octanol–water partition coefficient (Wildman–Crippen LogP) is 0.419. The molecule has 2 aliphatic rings. The van der Waals surface area contributed by atoms with Crippen LogP contribution in [-0.4, -0.2) is 87.8 Å². The fraction of sp³-hybridized carbons (Fsp3) is 0.750. The Balaban J connectivity index is 0.000000701. The first-order valence-electron chi connectivity index (χ1n) is 8.85.